The number of carbonyl (C=O) groups is 4. The van der Waals surface area contributed by atoms with Crippen molar-refractivity contribution < 1.29 is 23.9 Å². The number of anilines is 2. The van der Waals surface area contributed by atoms with E-state index in [9.17, 15) is 19.2 Å². The Labute approximate surface area is 262 Å². The van der Waals surface area contributed by atoms with Crippen molar-refractivity contribution >= 4 is 35.0 Å². The largest absolute Gasteiger partial charge is 0.482 e. The summed E-state index contributed by atoms with van der Waals surface area (Å²) in [4.78, 5) is 54.8. The Morgan fingerprint density at radius 1 is 0.956 bits per heavy atom. The number of rotatable bonds is 11. The predicted molar refractivity (Wildman–Crippen MR) is 171 cm³/mol. The van der Waals surface area contributed by atoms with Gasteiger partial charge in [0.1, 0.15) is 5.75 Å². The molecule has 3 aromatic rings. The van der Waals surface area contributed by atoms with Crippen molar-refractivity contribution in [2.45, 2.75) is 57.5 Å². The van der Waals surface area contributed by atoms with Crippen LogP contribution in [0.4, 0.5) is 11.4 Å². The van der Waals surface area contributed by atoms with E-state index in [1.807, 2.05) is 40.1 Å². The minimum Gasteiger partial charge on any atom is -0.482 e. The molecule has 45 heavy (non-hydrogen) atoms. The van der Waals surface area contributed by atoms with Gasteiger partial charge in [-0.25, -0.2) is 0 Å². The average molecular weight is 610 g/mol. The van der Waals surface area contributed by atoms with Crippen LogP contribution in [0.15, 0.2) is 60.7 Å². The number of ether oxygens (including phenoxy) is 1. The molecule has 0 bridgehead atoms. The molecule has 1 saturated carbocycles. The number of hydrogen-bond acceptors (Lipinski definition) is 6. The number of hydrogen-bond donors (Lipinski definition) is 3. The molecule has 3 aliphatic rings. The lowest BCUT2D eigenvalue weighted by Gasteiger charge is -2.24. The molecule has 10 nitrogen and oxygen atoms in total. The SMILES string of the molecule is NCCCCCN1CCc2cc(NC(=O)c3ccc(CN(C(=O)c4ccc5c(c4)OCC(=O)N5)C4CC4)cc3)ccc2CC1=O. The predicted octanol–water partition coefficient (Wildman–Crippen LogP) is 4.13. The number of unbranched alkanes of at least 4 members (excludes halogenated alkanes) is 2. The fraction of sp³-hybridized carbons (Fsp3) is 0.371. The highest BCUT2D eigenvalue weighted by Crippen LogP contribution is 2.33. The van der Waals surface area contributed by atoms with E-state index in [2.05, 4.69) is 10.6 Å². The monoisotopic (exact) mass is 609 g/mol. The van der Waals surface area contributed by atoms with Crippen LogP contribution in [-0.2, 0) is 29.0 Å². The minimum absolute atomic E-state index is 0.0700. The molecule has 0 saturated heterocycles. The molecule has 4 N–H and O–H groups in total. The summed E-state index contributed by atoms with van der Waals surface area (Å²) < 4.78 is 5.50. The number of nitrogens with zero attached hydrogens (tertiary/aromatic N) is 2. The van der Waals surface area contributed by atoms with Crippen LogP contribution in [0, 0.1) is 0 Å². The summed E-state index contributed by atoms with van der Waals surface area (Å²) in [6.07, 6.45) is 5.98. The highest BCUT2D eigenvalue weighted by atomic mass is 16.5. The molecule has 234 valence electrons. The molecule has 10 heteroatoms. The summed E-state index contributed by atoms with van der Waals surface area (Å²) in [6.45, 7) is 2.46. The Kier molecular flexibility index (Phi) is 9.11. The van der Waals surface area contributed by atoms with E-state index in [1.54, 1.807) is 30.3 Å². The van der Waals surface area contributed by atoms with Crippen LogP contribution < -0.4 is 21.1 Å². The van der Waals surface area contributed by atoms with Crippen molar-refractivity contribution in [1.82, 2.24) is 9.80 Å². The summed E-state index contributed by atoms with van der Waals surface area (Å²) >= 11 is 0. The molecular weight excluding hydrogens is 570 g/mol. The van der Waals surface area contributed by atoms with E-state index in [-0.39, 0.29) is 36.3 Å². The summed E-state index contributed by atoms with van der Waals surface area (Å²) in [6, 6.07) is 18.4. The normalized spacial score (nSPS) is 15.7. The fourth-order valence-corrected chi connectivity index (χ4v) is 5.91. The second-order valence-corrected chi connectivity index (χ2v) is 12.0. The lowest BCUT2D eigenvalue weighted by atomic mass is 10.0. The van der Waals surface area contributed by atoms with Crippen molar-refractivity contribution in [3.63, 3.8) is 0 Å². The molecule has 0 spiro atoms. The van der Waals surface area contributed by atoms with E-state index < -0.39 is 0 Å². The van der Waals surface area contributed by atoms with Crippen LogP contribution in [-0.4, -0.2) is 65.7 Å². The maximum Gasteiger partial charge on any atom is 0.262 e. The third-order valence-corrected chi connectivity index (χ3v) is 8.62. The summed E-state index contributed by atoms with van der Waals surface area (Å²) in [5.74, 6) is 0.106. The first-order valence-corrected chi connectivity index (χ1v) is 15.8. The highest BCUT2D eigenvalue weighted by Gasteiger charge is 2.33. The van der Waals surface area contributed by atoms with E-state index >= 15 is 0 Å². The van der Waals surface area contributed by atoms with Crippen LogP contribution in [0.2, 0.25) is 0 Å². The molecule has 4 amide bonds. The van der Waals surface area contributed by atoms with Crippen LogP contribution in [0.1, 0.15) is 69.5 Å². The molecule has 6 rings (SSSR count). The van der Waals surface area contributed by atoms with Gasteiger partial charge in [0.05, 0.1) is 12.1 Å². The molecular formula is C35H39N5O5. The first-order valence-electron chi connectivity index (χ1n) is 15.8. The zero-order valence-electron chi connectivity index (χ0n) is 25.3. The van der Waals surface area contributed by atoms with Gasteiger partial charge in [0.2, 0.25) is 5.91 Å². The van der Waals surface area contributed by atoms with Gasteiger partial charge in [-0.15, -0.1) is 0 Å². The second kappa shape index (κ2) is 13.5. The van der Waals surface area contributed by atoms with Crippen molar-refractivity contribution in [2.75, 3.05) is 36.9 Å². The molecule has 0 unspecified atom stereocenters. The molecule has 3 aromatic carbocycles. The number of amides is 4. The Balaban J connectivity index is 1.07. The smallest absolute Gasteiger partial charge is 0.262 e. The maximum atomic E-state index is 13.5. The number of nitrogens with two attached hydrogens (primary N) is 1. The van der Waals surface area contributed by atoms with Gasteiger partial charge >= 0.3 is 0 Å². The molecule has 2 aliphatic heterocycles. The van der Waals surface area contributed by atoms with E-state index in [0.717, 1.165) is 61.8 Å². The van der Waals surface area contributed by atoms with Crippen LogP contribution >= 0.6 is 0 Å². The van der Waals surface area contributed by atoms with Gasteiger partial charge < -0.3 is 30.9 Å². The van der Waals surface area contributed by atoms with E-state index in [0.29, 0.717) is 54.3 Å². The summed E-state index contributed by atoms with van der Waals surface area (Å²) in [5, 5.41) is 5.75. The Morgan fingerprint density at radius 3 is 2.53 bits per heavy atom. The third-order valence-electron chi connectivity index (χ3n) is 8.62. The molecule has 0 aromatic heterocycles. The quantitative estimate of drug-likeness (QED) is 0.280. The highest BCUT2D eigenvalue weighted by molar-refractivity contribution is 6.04. The lowest BCUT2D eigenvalue weighted by Crippen LogP contribution is -2.33. The number of fused-ring (bicyclic) bond motifs is 2. The molecule has 1 fully saturated rings. The standard InChI is InChI=1S/C35H39N5O5/c36-15-2-1-3-16-39-17-14-26-18-28(10-8-25(26)20-33(39)42)37-34(43)24-6-4-23(5-7-24)21-40(29-11-12-29)35(44)27-9-13-30-31(19-27)45-22-32(41)38-30/h4-10,13,18-19,29H,1-3,11-12,14-17,20-22,36H2,(H,37,43)(H,38,41). The maximum absolute atomic E-state index is 13.5. The van der Waals surface area contributed by atoms with Crippen LogP contribution in [0.3, 0.4) is 0 Å². The van der Waals surface area contributed by atoms with Crippen molar-refractivity contribution in [3.8, 4) is 5.75 Å². The van der Waals surface area contributed by atoms with Crippen molar-refractivity contribution in [1.29, 1.82) is 0 Å². The Bertz CT molecular complexity index is 1600. The lowest BCUT2D eigenvalue weighted by molar-refractivity contribution is -0.130. The zero-order valence-corrected chi connectivity index (χ0v) is 25.3. The van der Waals surface area contributed by atoms with Gasteiger partial charge in [-0.2, -0.15) is 0 Å². The Hall–Kier alpha value is -4.70. The second-order valence-electron chi connectivity index (χ2n) is 12.0. The van der Waals surface area contributed by atoms with Gasteiger partial charge in [-0.05, 0) is 97.8 Å². The first-order chi connectivity index (χ1) is 21.9. The molecule has 2 heterocycles. The Morgan fingerprint density at radius 2 is 1.76 bits per heavy atom. The molecule has 1 aliphatic carbocycles. The third kappa shape index (κ3) is 7.34. The molecule has 0 atom stereocenters. The first kappa shape index (κ1) is 30.3. The van der Waals surface area contributed by atoms with Crippen LogP contribution in [0.25, 0.3) is 0 Å². The summed E-state index contributed by atoms with van der Waals surface area (Å²) in [7, 11) is 0. The van der Waals surface area contributed by atoms with Gasteiger partial charge in [0.25, 0.3) is 17.7 Å². The molecule has 0 radical (unpaired) electrons. The summed E-state index contributed by atoms with van der Waals surface area (Å²) in [5.41, 5.74) is 10.9. The number of nitrogens with one attached hydrogen (secondary N) is 2. The minimum atomic E-state index is -0.219. The van der Waals surface area contributed by atoms with Crippen molar-refractivity contribution in [3.05, 3.63) is 88.5 Å². The van der Waals surface area contributed by atoms with E-state index in [1.165, 1.54) is 0 Å². The zero-order chi connectivity index (χ0) is 31.3. The number of benzene rings is 3. The van der Waals surface area contributed by atoms with Crippen LogP contribution in [0.5, 0.6) is 5.75 Å². The van der Waals surface area contributed by atoms with Gasteiger partial charge in [-0.3, -0.25) is 19.2 Å². The van der Waals surface area contributed by atoms with E-state index in [4.69, 9.17) is 10.5 Å². The fourth-order valence-electron chi connectivity index (χ4n) is 5.91. The van der Waals surface area contributed by atoms with Gasteiger partial charge in [0.15, 0.2) is 6.61 Å². The average Bonchev–Trinajstić information content (AvgIpc) is 3.90. The van der Waals surface area contributed by atoms with Gasteiger partial charge in [0, 0.05) is 42.5 Å². The van der Waals surface area contributed by atoms with Crippen molar-refractivity contribution in [2.24, 2.45) is 5.73 Å². The topological polar surface area (TPSA) is 134 Å². The van der Waals surface area contributed by atoms with Gasteiger partial charge in [-0.1, -0.05) is 24.6 Å². The number of carbonyl (C=O) groups excluding carboxylic acids is 4.